The summed E-state index contributed by atoms with van der Waals surface area (Å²) in [6.07, 6.45) is 6.89. The van der Waals surface area contributed by atoms with Crippen LogP contribution in [0.2, 0.25) is 0 Å². The minimum Gasteiger partial charge on any atom is -0.346 e. The van der Waals surface area contributed by atoms with Crippen LogP contribution in [0.1, 0.15) is 17.4 Å². The molecule has 0 aliphatic carbocycles. The topological polar surface area (TPSA) is 59.8 Å². The molecule has 2 heterocycles. The van der Waals surface area contributed by atoms with Crippen molar-refractivity contribution in [2.45, 2.75) is 19.5 Å². The minimum atomic E-state index is -0.185. The predicted molar refractivity (Wildman–Crippen MR) is 71.1 cm³/mol. The normalized spacial score (nSPS) is 12.1. The maximum atomic E-state index is 12.0. The second-order valence-electron chi connectivity index (χ2n) is 3.97. The van der Waals surface area contributed by atoms with E-state index in [4.69, 9.17) is 0 Å². The zero-order chi connectivity index (χ0) is 13.0. The highest BCUT2D eigenvalue weighted by atomic mass is 79.9. The van der Waals surface area contributed by atoms with Gasteiger partial charge >= 0.3 is 0 Å². The Balaban J connectivity index is 1.97. The van der Waals surface area contributed by atoms with Crippen molar-refractivity contribution in [2.24, 2.45) is 0 Å². The molecule has 1 amide bonds. The van der Waals surface area contributed by atoms with Gasteiger partial charge in [-0.3, -0.25) is 4.79 Å². The first kappa shape index (κ1) is 12.8. The summed E-state index contributed by atoms with van der Waals surface area (Å²) >= 11 is 3.31. The molecule has 1 N–H and O–H groups in total. The summed E-state index contributed by atoms with van der Waals surface area (Å²) in [4.78, 5) is 20.0. The Morgan fingerprint density at radius 3 is 3.06 bits per heavy atom. The van der Waals surface area contributed by atoms with Crippen LogP contribution in [0.3, 0.4) is 0 Å². The lowest BCUT2D eigenvalue weighted by Gasteiger charge is -2.14. The van der Waals surface area contributed by atoms with Gasteiger partial charge in [0.1, 0.15) is 5.69 Å². The van der Waals surface area contributed by atoms with E-state index in [1.165, 1.54) is 0 Å². The number of nitrogens with zero attached hydrogens (tertiary/aromatic N) is 3. The molecule has 0 spiro atoms. The second kappa shape index (κ2) is 5.77. The lowest BCUT2D eigenvalue weighted by atomic mass is 10.3. The van der Waals surface area contributed by atoms with E-state index >= 15 is 0 Å². The molecule has 0 saturated carbocycles. The Kier molecular flexibility index (Phi) is 4.09. The number of carbonyl (C=O) groups is 1. The first-order chi connectivity index (χ1) is 8.66. The molecule has 2 rings (SSSR count). The van der Waals surface area contributed by atoms with E-state index < -0.39 is 0 Å². The lowest BCUT2D eigenvalue weighted by molar-refractivity contribution is 0.0931. The van der Waals surface area contributed by atoms with E-state index in [9.17, 15) is 4.79 Å². The molecule has 0 saturated heterocycles. The summed E-state index contributed by atoms with van der Waals surface area (Å²) in [6.45, 7) is 2.62. The first-order valence-corrected chi connectivity index (χ1v) is 6.33. The number of rotatable bonds is 4. The Morgan fingerprint density at radius 1 is 1.56 bits per heavy atom. The SMILES string of the molecule is CC(Cn1ccnc1)NC(=O)c1ncccc1Br. The van der Waals surface area contributed by atoms with Gasteiger partial charge in [-0.2, -0.15) is 0 Å². The maximum Gasteiger partial charge on any atom is 0.271 e. The van der Waals surface area contributed by atoms with Gasteiger partial charge in [-0.15, -0.1) is 0 Å². The average molecular weight is 309 g/mol. The van der Waals surface area contributed by atoms with Crippen LogP contribution >= 0.6 is 15.9 Å². The summed E-state index contributed by atoms with van der Waals surface area (Å²) in [6, 6.07) is 3.57. The third kappa shape index (κ3) is 3.16. The zero-order valence-corrected chi connectivity index (χ0v) is 11.5. The Morgan fingerprint density at radius 2 is 2.39 bits per heavy atom. The van der Waals surface area contributed by atoms with E-state index in [1.807, 2.05) is 17.7 Å². The molecule has 0 fully saturated rings. The largest absolute Gasteiger partial charge is 0.346 e. The standard InChI is InChI=1S/C12H13BrN4O/c1-9(7-17-6-5-14-8-17)16-12(18)11-10(13)3-2-4-15-11/h2-6,8-9H,7H2,1H3,(H,16,18). The van der Waals surface area contributed by atoms with Gasteiger partial charge in [0.05, 0.1) is 6.33 Å². The number of pyridine rings is 1. The average Bonchev–Trinajstić information content (AvgIpc) is 2.82. The highest BCUT2D eigenvalue weighted by Crippen LogP contribution is 2.13. The third-order valence-corrected chi connectivity index (χ3v) is 3.03. The molecule has 0 aromatic carbocycles. The zero-order valence-electron chi connectivity index (χ0n) is 9.88. The van der Waals surface area contributed by atoms with E-state index in [0.717, 1.165) is 0 Å². The summed E-state index contributed by atoms with van der Waals surface area (Å²) in [5.74, 6) is -0.185. The van der Waals surface area contributed by atoms with Crippen LogP contribution in [-0.2, 0) is 6.54 Å². The van der Waals surface area contributed by atoms with Crippen molar-refractivity contribution >= 4 is 21.8 Å². The number of amides is 1. The molecule has 0 bridgehead atoms. The van der Waals surface area contributed by atoms with Gasteiger partial charge < -0.3 is 9.88 Å². The highest BCUT2D eigenvalue weighted by molar-refractivity contribution is 9.10. The van der Waals surface area contributed by atoms with Crippen molar-refractivity contribution in [3.8, 4) is 0 Å². The smallest absolute Gasteiger partial charge is 0.271 e. The van der Waals surface area contributed by atoms with E-state index in [-0.39, 0.29) is 11.9 Å². The van der Waals surface area contributed by atoms with Gasteiger partial charge in [-0.25, -0.2) is 9.97 Å². The molecule has 6 heteroatoms. The Labute approximate surface area is 113 Å². The quantitative estimate of drug-likeness (QED) is 0.938. The predicted octanol–water partition coefficient (Wildman–Crippen LogP) is 1.86. The number of nitrogens with one attached hydrogen (secondary N) is 1. The maximum absolute atomic E-state index is 12.0. The van der Waals surface area contributed by atoms with Crippen LogP contribution in [0.4, 0.5) is 0 Å². The van der Waals surface area contributed by atoms with Crippen molar-refractivity contribution in [1.82, 2.24) is 19.9 Å². The number of aromatic nitrogens is 3. The molecule has 0 aliphatic rings. The van der Waals surface area contributed by atoms with Crippen molar-refractivity contribution in [3.05, 3.63) is 47.2 Å². The van der Waals surface area contributed by atoms with Crippen molar-refractivity contribution in [1.29, 1.82) is 0 Å². The number of imidazole rings is 1. The van der Waals surface area contributed by atoms with Gasteiger partial charge in [0.25, 0.3) is 5.91 Å². The van der Waals surface area contributed by atoms with Gasteiger partial charge in [-0.05, 0) is 35.0 Å². The summed E-state index contributed by atoms with van der Waals surface area (Å²) < 4.78 is 2.61. The number of carbonyl (C=O) groups excluding carboxylic acids is 1. The first-order valence-electron chi connectivity index (χ1n) is 5.54. The van der Waals surface area contributed by atoms with Crippen LogP contribution in [0.5, 0.6) is 0 Å². The van der Waals surface area contributed by atoms with Gasteiger partial charge in [0.15, 0.2) is 0 Å². The highest BCUT2D eigenvalue weighted by Gasteiger charge is 2.13. The third-order valence-electron chi connectivity index (χ3n) is 2.39. The summed E-state index contributed by atoms with van der Waals surface area (Å²) in [5, 5.41) is 2.90. The molecular weight excluding hydrogens is 296 g/mol. The monoisotopic (exact) mass is 308 g/mol. The van der Waals surface area contributed by atoms with Gasteiger partial charge in [0.2, 0.25) is 0 Å². The van der Waals surface area contributed by atoms with Crippen LogP contribution < -0.4 is 5.32 Å². The van der Waals surface area contributed by atoms with Crippen LogP contribution in [0, 0.1) is 0 Å². The number of hydrogen-bond donors (Lipinski definition) is 1. The molecular formula is C12H13BrN4O. The van der Waals surface area contributed by atoms with Crippen LogP contribution in [0.15, 0.2) is 41.5 Å². The summed E-state index contributed by atoms with van der Waals surface area (Å²) in [5.41, 5.74) is 0.398. The molecule has 0 aliphatic heterocycles. The van der Waals surface area contributed by atoms with E-state index in [2.05, 4.69) is 31.2 Å². The molecule has 18 heavy (non-hydrogen) atoms. The van der Waals surface area contributed by atoms with Crippen LogP contribution in [-0.4, -0.2) is 26.5 Å². The second-order valence-corrected chi connectivity index (χ2v) is 4.82. The molecule has 1 unspecified atom stereocenters. The Hall–Kier alpha value is -1.69. The fourth-order valence-corrected chi connectivity index (χ4v) is 2.04. The summed E-state index contributed by atoms with van der Waals surface area (Å²) in [7, 11) is 0. The fourth-order valence-electron chi connectivity index (χ4n) is 1.60. The molecule has 5 nitrogen and oxygen atoms in total. The lowest BCUT2D eigenvalue weighted by Crippen LogP contribution is -2.36. The molecule has 2 aromatic heterocycles. The van der Waals surface area contributed by atoms with Gasteiger partial charge in [0, 0.05) is 35.6 Å². The fraction of sp³-hybridized carbons (Fsp3) is 0.250. The van der Waals surface area contributed by atoms with Crippen molar-refractivity contribution < 1.29 is 4.79 Å². The molecule has 1 atom stereocenters. The van der Waals surface area contributed by atoms with Crippen molar-refractivity contribution in [2.75, 3.05) is 0 Å². The van der Waals surface area contributed by atoms with Crippen LogP contribution in [0.25, 0.3) is 0 Å². The van der Waals surface area contributed by atoms with Gasteiger partial charge in [-0.1, -0.05) is 0 Å². The van der Waals surface area contributed by atoms with E-state index in [1.54, 1.807) is 30.9 Å². The molecule has 2 aromatic rings. The molecule has 94 valence electrons. The number of hydrogen-bond acceptors (Lipinski definition) is 3. The molecule has 0 radical (unpaired) electrons. The van der Waals surface area contributed by atoms with Crippen molar-refractivity contribution in [3.63, 3.8) is 0 Å². The Bertz CT molecular complexity index is 527. The minimum absolute atomic E-state index is 0.000561. The number of halogens is 1. The van der Waals surface area contributed by atoms with E-state index in [0.29, 0.717) is 16.7 Å².